The third kappa shape index (κ3) is 6.79. The van der Waals surface area contributed by atoms with Gasteiger partial charge in [-0.25, -0.2) is 4.79 Å². The summed E-state index contributed by atoms with van der Waals surface area (Å²) in [5, 5.41) is 10.0. The Morgan fingerprint density at radius 1 is 1.15 bits per heavy atom. The van der Waals surface area contributed by atoms with Gasteiger partial charge in [0.2, 0.25) is 0 Å². The van der Waals surface area contributed by atoms with Crippen molar-refractivity contribution >= 4 is 23.4 Å². The number of rotatable bonds is 10. The summed E-state index contributed by atoms with van der Waals surface area (Å²) in [6.45, 7) is 2.63. The van der Waals surface area contributed by atoms with E-state index in [2.05, 4.69) is 6.07 Å². The molecule has 8 nitrogen and oxygen atoms in total. The molecule has 1 aromatic heterocycles. The quantitative estimate of drug-likeness (QED) is 0.299. The van der Waals surface area contributed by atoms with Gasteiger partial charge in [-0.3, -0.25) is 9.59 Å². The van der Waals surface area contributed by atoms with E-state index in [1.807, 2.05) is 0 Å². The topological polar surface area (TPSA) is 108 Å². The fourth-order valence-electron chi connectivity index (χ4n) is 4.92. The lowest BCUT2D eigenvalue weighted by Gasteiger charge is -2.28. The van der Waals surface area contributed by atoms with Gasteiger partial charge in [0, 0.05) is 41.7 Å². The summed E-state index contributed by atoms with van der Waals surface area (Å²) in [6, 6.07) is 14.2. The number of esters is 1. The second-order valence-corrected chi connectivity index (χ2v) is 10.0. The number of ether oxygens (including phenoxy) is 3. The highest BCUT2D eigenvalue weighted by Gasteiger charge is 2.28. The number of carbonyl (C=O) groups is 2. The molecule has 0 radical (unpaired) electrons. The van der Waals surface area contributed by atoms with E-state index in [9.17, 15) is 19.6 Å². The number of Topliss-reactive ketones (excluding diaryl/α,β-unsaturated/α-hetero) is 1. The third-order valence-corrected chi connectivity index (χ3v) is 7.20. The SMILES string of the molecule is CCOC(=O)c1ccc(CC(=O)C(C[C@@H]2CCCCO2)n2cc(OC)c(-c3cc(Cl)ccc3C#N)cc2=O)cc1. The van der Waals surface area contributed by atoms with Gasteiger partial charge in [0.15, 0.2) is 5.78 Å². The molecule has 2 aromatic carbocycles. The van der Waals surface area contributed by atoms with E-state index in [1.165, 1.54) is 23.9 Å². The van der Waals surface area contributed by atoms with Crippen LogP contribution in [0.5, 0.6) is 5.75 Å². The first-order valence-corrected chi connectivity index (χ1v) is 13.6. The second-order valence-electron chi connectivity index (χ2n) is 9.60. The van der Waals surface area contributed by atoms with Crippen LogP contribution in [0, 0.1) is 11.3 Å². The smallest absolute Gasteiger partial charge is 0.338 e. The molecule has 0 N–H and O–H groups in total. The Balaban J connectivity index is 1.70. The van der Waals surface area contributed by atoms with Gasteiger partial charge >= 0.3 is 5.97 Å². The Morgan fingerprint density at radius 3 is 2.58 bits per heavy atom. The van der Waals surface area contributed by atoms with Crippen LogP contribution in [0.4, 0.5) is 0 Å². The van der Waals surface area contributed by atoms with Crippen molar-refractivity contribution in [2.24, 2.45) is 0 Å². The lowest BCUT2D eigenvalue weighted by atomic mass is 9.94. The molecule has 1 unspecified atom stereocenters. The van der Waals surface area contributed by atoms with Crippen molar-refractivity contribution in [3.63, 3.8) is 0 Å². The van der Waals surface area contributed by atoms with Crippen molar-refractivity contribution in [3.8, 4) is 22.9 Å². The zero-order valence-corrected chi connectivity index (χ0v) is 23.3. The number of pyridine rings is 1. The largest absolute Gasteiger partial charge is 0.495 e. The molecular formula is C31H31ClN2O6. The van der Waals surface area contributed by atoms with Crippen LogP contribution in [0.15, 0.2) is 59.5 Å². The summed E-state index contributed by atoms with van der Waals surface area (Å²) >= 11 is 6.19. The molecule has 1 aliphatic rings. The molecule has 4 rings (SSSR count). The average Bonchev–Trinajstić information content (AvgIpc) is 2.97. The van der Waals surface area contributed by atoms with Crippen molar-refractivity contribution in [3.05, 3.63) is 86.8 Å². The predicted molar refractivity (Wildman–Crippen MR) is 151 cm³/mol. The summed E-state index contributed by atoms with van der Waals surface area (Å²) in [6.07, 6.45) is 4.51. The summed E-state index contributed by atoms with van der Waals surface area (Å²) in [5.74, 6) is -0.263. The van der Waals surface area contributed by atoms with Gasteiger partial charge < -0.3 is 18.8 Å². The minimum Gasteiger partial charge on any atom is -0.495 e. The Labute approximate surface area is 238 Å². The van der Waals surface area contributed by atoms with Crippen LogP contribution in [-0.2, 0) is 20.7 Å². The van der Waals surface area contributed by atoms with Gasteiger partial charge in [0.05, 0.1) is 49.3 Å². The number of hydrogen-bond acceptors (Lipinski definition) is 7. The van der Waals surface area contributed by atoms with E-state index in [0.29, 0.717) is 51.6 Å². The fourth-order valence-corrected chi connectivity index (χ4v) is 5.09. The lowest BCUT2D eigenvalue weighted by molar-refractivity contribution is -0.123. The molecule has 40 heavy (non-hydrogen) atoms. The molecule has 0 bridgehead atoms. The van der Waals surface area contributed by atoms with Gasteiger partial charge in [-0.05, 0) is 62.1 Å². The highest BCUT2D eigenvalue weighted by atomic mass is 35.5. The molecule has 0 spiro atoms. The maximum atomic E-state index is 13.8. The number of ketones is 1. The number of hydrogen-bond donors (Lipinski definition) is 0. The van der Waals surface area contributed by atoms with Crippen LogP contribution >= 0.6 is 11.6 Å². The predicted octanol–water partition coefficient (Wildman–Crippen LogP) is 5.54. The van der Waals surface area contributed by atoms with Crippen LogP contribution in [0.3, 0.4) is 0 Å². The molecule has 3 aromatic rings. The average molecular weight is 563 g/mol. The van der Waals surface area contributed by atoms with Crippen molar-refractivity contribution in [2.45, 2.75) is 51.2 Å². The van der Waals surface area contributed by atoms with E-state index in [0.717, 1.165) is 19.3 Å². The third-order valence-electron chi connectivity index (χ3n) is 6.97. The molecule has 1 aliphatic heterocycles. The summed E-state index contributed by atoms with van der Waals surface area (Å²) in [4.78, 5) is 39.3. The second kappa shape index (κ2) is 13.4. The molecule has 2 atom stereocenters. The minimum absolute atomic E-state index is 0.0594. The number of methoxy groups -OCH3 is 1. The van der Waals surface area contributed by atoms with Crippen LogP contribution in [0.2, 0.25) is 5.02 Å². The van der Waals surface area contributed by atoms with Gasteiger partial charge in [-0.15, -0.1) is 0 Å². The minimum atomic E-state index is -0.807. The zero-order chi connectivity index (χ0) is 28.6. The highest BCUT2D eigenvalue weighted by Crippen LogP contribution is 2.34. The highest BCUT2D eigenvalue weighted by molar-refractivity contribution is 6.31. The first-order valence-electron chi connectivity index (χ1n) is 13.2. The zero-order valence-electron chi connectivity index (χ0n) is 22.5. The monoisotopic (exact) mass is 562 g/mol. The first kappa shape index (κ1) is 29.1. The van der Waals surface area contributed by atoms with Gasteiger partial charge in [0.25, 0.3) is 5.56 Å². The summed E-state index contributed by atoms with van der Waals surface area (Å²) in [7, 11) is 1.47. The number of aromatic nitrogens is 1. The molecule has 0 amide bonds. The van der Waals surface area contributed by atoms with Gasteiger partial charge in [-0.1, -0.05) is 23.7 Å². The first-order chi connectivity index (χ1) is 19.3. The standard InChI is InChI=1S/C31H31ClN2O6/c1-3-39-31(37)21-9-7-20(8-10-21)14-28(35)27(16-24-6-4-5-13-40-24)34-19-29(38-2)26(17-30(34)36)25-15-23(32)12-11-22(25)18-33/h7-12,15,17,19,24,27H,3-6,13-14,16H2,1-2H3/t24-,27?/m0/s1. The molecule has 9 heteroatoms. The van der Waals surface area contributed by atoms with Crippen molar-refractivity contribution < 1.29 is 23.8 Å². The molecule has 1 fully saturated rings. The van der Waals surface area contributed by atoms with Crippen molar-refractivity contribution in [1.29, 1.82) is 5.26 Å². The van der Waals surface area contributed by atoms with Crippen LogP contribution < -0.4 is 10.3 Å². The Kier molecular flexibility index (Phi) is 9.75. The van der Waals surface area contributed by atoms with Gasteiger partial charge in [-0.2, -0.15) is 5.26 Å². The maximum absolute atomic E-state index is 13.8. The van der Waals surface area contributed by atoms with Crippen molar-refractivity contribution in [2.75, 3.05) is 20.3 Å². The number of nitrogens with zero attached hydrogens (tertiary/aromatic N) is 2. The van der Waals surface area contributed by atoms with Crippen LogP contribution in [0.1, 0.15) is 60.1 Å². The van der Waals surface area contributed by atoms with Crippen LogP contribution in [0.25, 0.3) is 11.1 Å². The number of nitriles is 1. The molecule has 0 saturated carbocycles. The number of halogens is 1. The van der Waals surface area contributed by atoms with E-state index in [-0.39, 0.29) is 24.9 Å². The molecular weight excluding hydrogens is 532 g/mol. The molecule has 208 valence electrons. The Hall–Kier alpha value is -3.93. The Morgan fingerprint density at radius 2 is 1.93 bits per heavy atom. The number of benzene rings is 2. The van der Waals surface area contributed by atoms with Gasteiger partial charge in [0.1, 0.15) is 5.75 Å². The summed E-state index contributed by atoms with van der Waals surface area (Å²) < 4.78 is 18.0. The van der Waals surface area contributed by atoms with Crippen molar-refractivity contribution in [1.82, 2.24) is 4.57 Å². The number of carbonyl (C=O) groups excluding carboxylic acids is 2. The van der Waals surface area contributed by atoms with Crippen LogP contribution in [-0.4, -0.2) is 42.7 Å². The normalized spacial score (nSPS) is 15.6. The molecule has 0 aliphatic carbocycles. The summed E-state index contributed by atoms with van der Waals surface area (Å²) in [5.41, 5.74) is 1.93. The van der Waals surface area contributed by atoms with E-state index < -0.39 is 17.6 Å². The van der Waals surface area contributed by atoms with E-state index in [4.69, 9.17) is 25.8 Å². The van der Waals surface area contributed by atoms with E-state index in [1.54, 1.807) is 49.4 Å². The molecule has 2 heterocycles. The maximum Gasteiger partial charge on any atom is 0.338 e. The molecule has 1 saturated heterocycles. The fraction of sp³-hybridized carbons (Fsp3) is 0.355. The Bertz CT molecular complexity index is 1470. The van der Waals surface area contributed by atoms with E-state index >= 15 is 0 Å². The lowest BCUT2D eigenvalue weighted by Crippen LogP contribution is -2.34.